The van der Waals surface area contributed by atoms with Gasteiger partial charge >= 0.3 is 0 Å². The molecule has 1 N–H and O–H groups in total. The van der Waals surface area contributed by atoms with E-state index in [1.54, 1.807) is 11.3 Å². The van der Waals surface area contributed by atoms with E-state index in [0.717, 1.165) is 11.7 Å². The van der Waals surface area contributed by atoms with Crippen molar-refractivity contribution in [2.24, 2.45) is 0 Å². The van der Waals surface area contributed by atoms with Crippen LogP contribution in [0.4, 0.5) is 5.13 Å². The maximum absolute atomic E-state index is 4.64. The van der Waals surface area contributed by atoms with Crippen LogP contribution < -0.4 is 5.32 Å². The Bertz CT molecular complexity index is 567. The van der Waals surface area contributed by atoms with Gasteiger partial charge in [-0.05, 0) is 37.8 Å². The number of anilines is 1. The van der Waals surface area contributed by atoms with Crippen molar-refractivity contribution in [1.29, 1.82) is 0 Å². The molecule has 1 aromatic carbocycles. The molecule has 1 atom stereocenters. The van der Waals surface area contributed by atoms with E-state index in [0.29, 0.717) is 6.04 Å². The first kappa shape index (κ1) is 15.5. The molecule has 0 spiro atoms. The SMILES string of the molecule is CNc1nc(CN2CCCCC2CCc2ccccc2)cs1. The van der Waals surface area contributed by atoms with Crippen LogP contribution >= 0.6 is 11.3 Å². The van der Waals surface area contributed by atoms with Gasteiger partial charge in [0.2, 0.25) is 0 Å². The highest BCUT2D eigenvalue weighted by Crippen LogP contribution is 2.24. The van der Waals surface area contributed by atoms with Crippen molar-refractivity contribution < 1.29 is 0 Å². The second kappa shape index (κ2) is 7.75. The molecule has 2 heterocycles. The summed E-state index contributed by atoms with van der Waals surface area (Å²) in [7, 11) is 1.94. The van der Waals surface area contributed by atoms with Crippen LogP contribution in [0, 0.1) is 0 Å². The fraction of sp³-hybridized carbons (Fsp3) is 0.500. The van der Waals surface area contributed by atoms with Crippen LogP contribution in [0.2, 0.25) is 0 Å². The lowest BCUT2D eigenvalue weighted by Crippen LogP contribution is -2.39. The van der Waals surface area contributed by atoms with Crippen LogP contribution in [0.1, 0.15) is 36.9 Å². The molecule has 1 aliphatic rings. The number of likely N-dealkylation sites (tertiary alicyclic amines) is 1. The third kappa shape index (κ3) is 4.08. The van der Waals surface area contributed by atoms with Crippen LogP contribution in [0.15, 0.2) is 35.7 Å². The number of thiazole rings is 1. The number of aromatic nitrogens is 1. The Balaban J connectivity index is 1.58. The molecule has 1 fully saturated rings. The van der Waals surface area contributed by atoms with Gasteiger partial charge in [-0.25, -0.2) is 4.98 Å². The summed E-state index contributed by atoms with van der Waals surface area (Å²) < 4.78 is 0. The Morgan fingerprint density at radius 2 is 2.14 bits per heavy atom. The highest BCUT2D eigenvalue weighted by Gasteiger charge is 2.22. The van der Waals surface area contributed by atoms with Gasteiger partial charge in [0.1, 0.15) is 0 Å². The molecule has 3 rings (SSSR count). The Kier molecular flexibility index (Phi) is 5.46. The van der Waals surface area contributed by atoms with Crippen molar-refractivity contribution in [3.05, 3.63) is 47.0 Å². The molecule has 0 amide bonds. The normalized spacial score (nSPS) is 19.2. The minimum atomic E-state index is 0.702. The molecule has 22 heavy (non-hydrogen) atoms. The molecule has 0 radical (unpaired) electrons. The molecule has 1 saturated heterocycles. The van der Waals surface area contributed by atoms with E-state index in [9.17, 15) is 0 Å². The molecule has 0 saturated carbocycles. The highest BCUT2D eigenvalue weighted by atomic mass is 32.1. The number of nitrogens with zero attached hydrogens (tertiary/aromatic N) is 2. The second-order valence-electron chi connectivity index (χ2n) is 6.04. The number of benzene rings is 1. The maximum Gasteiger partial charge on any atom is 0.182 e. The Hall–Kier alpha value is -1.39. The largest absolute Gasteiger partial charge is 0.365 e. The van der Waals surface area contributed by atoms with E-state index in [1.165, 1.54) is 49.9 Å². The molecule has 2 aromatic rings. The summed E-state index contributed by atoms with van der Waals surface area (Å²) in [6, 6.07) is 11.6. The lowest BCUT2D eigenvalue weighted by atomic mass is 9.95. The van der Waals surface area contributed by atoms with Gasteiger partial charge in [0, 0.05) is 25.0 Å². The predicted octanol–water partition coefficient (Wildman–Crippen LogP) is 4.17. The summed E-state index contributed by atoms with van der Waals surface area (Å²) in [5.74, 6) is 0. The van der Waals surface area contributed by atoms with Crippen molar-refractivity contribution in [1.82, 2.24) is 9.88 Å². The van der Waals surface area contributed by atoms with E-state index < -0.39 is 0 Å². The van der Waals surface area contributed by atoms with Crippen molar-refractivity contribution in [3.63, 3.8) is 0 Å². The smallest absolute Gasteiger partial charge is 0.182 e. The number of rotatable bonds is 6. The quantitative estimate of drug-likeness (QED) is 0.867. The summed E-state index contributed by atoms with van der Waals surface area (Å²) in [5.41, 5.74) is 2.67. The Morgan fingerprint density at radius 3 is 2.91 bits per heavy atom. The first-order valence-electron chi connectivity index (χ1n) is 8.25. The zero-order chi connectivity index (χ0) is 15.2. The highest BCUT2D eigenvalue weighted by molar-refractivity contribution is 7.13. The molecule has 0 bridgehead atoms. The van der Waals surface area contributed by atoms with Gasteiger partial charge in [-0.2, -0.15) is 0 Å². The number of aryl methyl sites for hydroxylation is 1. The van der Waals surface area contributed by atoms with Crippen LogP contribution in [-0.4, -0.2) is 29.5 Å². The van der Waals surface area contributed by atoms with Crippen molar-refractivity contribution in [3.8, 4) is 0 Å². The van der Waals surface area contributed by atoms with Gasteiger partial charge < -0.3 is 5.32 Å². The Labute approximate surface area is 137 Å². The lowest BCUT2D eigenvalue weighted by molar-refractivity contribution is 0.131. The lowest BCUT2D eigenvalue weighted by Gasteiger charge is -2.35. The van der Waals surface area contributed by atoms with Gasteiger partial charge in [-0.3, -0.25) is 4.90 Å². The first-order valence-corrected chi connectivity index (χ1v) is 9.13. The zero-order valence-corrected chi connectivity index (χ0v) is 14.1. The van der Waals surface area contributed by atoms with Crippen molar-refractivity contribution in [2.45, 2.75) is 44.7 Å². The van der Waals surface area contributed by atoms with Crippen LogP contribution in [0.25, 0.3) is 0 Å². The zero-order valence-electron chi connectivity index (χ0n) is 13.3. The van der Waals surface area contributed by atoms with E-state index in [-0.39, 0.29) is 0 Å². The molecule has 1 aromatic heterocycles. The van der Waals surface area contributed by atoms with Crippen LogP contribution in [-0.2, 0) is 13.0 Å². The molecule has 1 aliphatic heterocycles. The minimum absolute atomic E-state index is 0.702. The molecular formula is C18H25N3S. The van der Waals surface area contributed by atoms with Gasteiger partial charge in [0.15, 0.2) is 5.13 Å². The molecule has 1 unspecified atom stereocenters. The molecule has 118 valence electrons. The van der Waals surface area contributed by atoms with Gasteiger partial charge in [-0.1, -0.05) is 36.8 Å². The summed E-state index contributed by atoms with van der Waals surface area (Å²) in [6.07, 6.45) is 6.46. The average molecular weight is 315 g/mol. The molecule has 4 heteroatoms. The third-order valence-corrected chi connectivity index (χ3v) is 5.40. The maximum atomic E-state index is 4.64. The summed E-state index contributed by atoms with van der Waals surface area (Å²) in [6.45, 7) is 2.21. The predicted molar refractivity (Wildman–Crippen MR) is 94.5 cm³/mol. The van der Waals surface area contributed by atoms with Gasteiger partial charge in [0.25, 0.3) is 0 Å². The van der Waals surface area contributed by atoms with E-state index in [1.807, 2.05) is 7.05 Å². The first-order chi connectivity index (χ1) is 10.8. The standard InChI is InChI=1S/C18H25N3S/c1-19-18-20-16(14-22-18)13-21-12-6-5-9-17(21)11-10-15-7-3-2-4-8-15/h2-4,7-8,14,17H,5-6,9-13H2,1H3,(H,19,20). The summed E-state index contributed by atoms with van der Waals surface area (Å²) >= 11 is 1.70. The Morgan fingerprint density at radius 1 is 1.27 bits per heavy atom. The second-order valence-corrected chi connectivity index (χ2v) is 6.90. The molecule has 3 nitrogen and oxygen atoms in total. The summed E-state index contributed by atoms with van der Waals surface area (Å²) in [5, 5.41) is 6.34. The van der Waals surface area contributed by atoms with Gasteiger partial charge in [0.05, 0.1) is 5.69 Å². The fourth-order valence-corrected chi connectivity index (χ4v) is 3.94. The van der Waals surface area contributed by atoms with Crippen LogP contribution in [0.5, 0.6) is 0 Å². The topological polar surface area (TPSA) is 28.2 Å². The third-order valence-electron chi connectivity index (χ3n) is 4.49. The monoisotopic (exact) mass is 315 g/mol. The molecule has 0 aliphatic carbocycles. The number of piperidine rings is 1. The fourth-order valence-electron chi connectivity index (χ4n) is 3.28. The van der Waals surface area contributed by atoms with E-state index >= 15 is 0 Å². The number of hydrogen-bond acceptors (Lipinski definition) is 4. The average Bonchev–Trinajstić information content (AvgIpc) is 3.03. The number of hydrogen-bond donors (Lipinski definition) is 1. The summed E-state index contributed by atoms with van der Waals surface area (Å²) in [4.78, 5) is 7.28. The number of nitrogens with one attached hydrogen (secondary N) is 1. The van der Waals surface area contributed by atoms with Crippen LogP contribution in [0.3, 0.4) is 0 Å². The molecular weight excluding hydrogens is 290 g/mol. The van der Waals surface area contributed by atoms with Crippen molar-refractivity contribution in [2.75, 3.05) is 18.9 Å². The van der Waals surface area contributed by atoms with E-state index in [2.05, 4.69) is 50.9 Å². The van der Waals surface area contributed by atoms with Gasteiger partial charge in [-0.15, -0.1) is 11.3 Å². The van der Waals surface area contributed by atoms with Crippen molar-refractivity contribution >= 4 is 16.5 Å². The van der Waals surface area contributed by atoms with E-state index in [4.69, 9.17) is 0 Å². The minimum Gasteiger partial charge on any atom is -0.365 e.